The molecule has 8 nitrogen and oxygen atoms in total. The van der Waals surface area contributed by atoms with Crippen LogP contribution in [0.3, 0.4) is 0 Å². The van der Waals surface area contributed by atoms with Gasteiger partial charge < -0.3 is 15.4 Å². The number of anilines is 2. The second-order valence-electron chi connectivity index (χ2n) is 7.17. The number of hydrogen-bond donors (Lipinski definition) is 2. The summed E-state index contributed by atoms with van der Waals surface area (Å²) in [5, 5.41) is 8.35. The van der Waals surface area contributed by atoms with Crippen LogP contribution >= 0.6 is 0 Å². The molecule has 2 aromatic carbocycles. The van der Waals surface area contributed by atoms with E-state index in [1.807, 2.05) is 5.32 Å². The predicted octanol–water partition coefficient (Wildman–Crippen LogP) is 6.14. The van der Waals surface area contributed by atoms with E-state index in [1.165, 1.54) is 41.3 Å². The SMILES string of the molecule is O=C(Nc1ccc(Oc2cc(-n3cccn3)ncn2)cc1)Nc1cc(C(F)(F)F)cc(C(F)(F)F)c1. The van der Waals surface area contributed by atoms with E-state index in [1.54, 1.807) is 18.5 Å². The van der Waals surface area contributed by atoms with Gasteiger partial charge in [0.05, 0.1) is 11.1 Å². The average molecular weight is 508 g/mol. The number of aromatic nitrogens is 4. The lowest BCUT2D eigenvalue weighted by Crippen LogP contribution is -2.20. The Morgan fingerprint density at radius 1 is 0.833 bits per heavy atom. The normalized spacial score (nSPS) is 11.7. The molecule has 4 rings (SSSR count). The highest BCUT2D eigenvalue weighted by atomic mass is 19.4. The first-order valence-corrected chi connectivity index (χ1v) is 9.95. The number of nitrogens with zero attached hydrogens (tertiary/aromatic N) is 4. The van der Waals surface area contributed by atoms with Crippen molar-refractivity contribution in [2.24, 2.45) is 0 Å². The van der Waals surface area contributed by atoms with Crippen LogP contribution in [0, 0.1) is 0 Å². The summed E-state index contributed by atoms with van der Waals surface area (Å²) < 4.78 is 85.1. The smallest absolute Gasteiger partial charge is 0.416 e. The number of hydrogen-bond acceptors (Lipinski definition) is 5. The number of nitrogens with one attached hydrogen (secondary N) is 2. The zero-order valence-electron chi connectivity index (χ0n) is 17.8. The minimum Gasteiger partial charge on any atom is -0.439 e. The Bertz CT molecular complexity index is 1320. The summed E-state index contributed by atoms with van der Waals surface area (Å²) in [7, 11) is 0. The Morgan fingerprint density at radius 3 is 2.06 bits per heavy atom. The molecule has 2 N–H and O–H groups in total. The molecule has 0 aliphatic rings. The van der Waals surface area contributed by atoms with Crippen molar-refractivity contribution >= 4 is 17.4 Å². The summed E-state index contributed by atoms with van der Waals surface area (Å²) in [5.74, 6) is 1.00. The maximum atomic E-state index is 13.0. The van der Waals surface area contributed by atoms with Gasteiger partial charge in [0.2, 0.25) is 5.88 Å². The molecule has 0 aliphatic heterocycles. The van der Waals surface area contributed by atoms with Crippen LogP contribution in [0.15, 0.2) is 73.3 Å². The molecule has 0 saturated heterocycles. The van der Waals surface area contributed by atoms with Gasteiger partial charge in [0.25, 0.3) is 0 Å². The third-order valence-electron chi connectivity index (χ3n) is 4.55. The van der Waals surface area contributed by atoms with Gasteiger partial charge in [0.15, 0.2) is 5.82 Å². The van der Waals surface area contributed by atoms with Crippen LogP contribution < -0.4 is 15.4 Å². The molecule has 0 saturated carbocycles. The van der Waals surface area contributed by atoms with Crippen LogP contribution in [0.1, 0.15) is 11.1 Å². The lowest BCUT2D eigenvalue weighted by Gasteiger charge is -2.15. The maximum absolute atomic E-state index is 13.0. The van der Waals surface area contributed by atoms with Gasteiger partial charge in [-0.15, -0.1) is 0 Å². The van der Waals surface area contributed by atoms with Gasteiger partial charge in [0, 0.05) is 29.8 Å². The number of urea groups is 1. The largest absolute Gasteiger partial charge is 0.439 e. The third-order valence-corrected chi connectivity index (χ3v) is 4.55. The second kappa shape index (κ2) is 9.56. The Labute approximate surface area is 198 Å². The van der Waals surface area contributed by atoms with Crippen molar-refractivity contribution < 1.29 is 35.9 Å². The monoisotopic (exact) mass is 508 g/mol. The lowest BCUT2D eigenvalue weighted by molar-refractivity contribution is -0.143. The van der Waals surface area contributed by atoms with Crippen molar-refractivity contribution in [2.75, 3.05) is 10.6 Å². The summed E-state index contributed by atoms with van der Waals surface area (Å²) in [6.07, 6.45) is -5.53. The van der Waals surface area contributed by atoms with E-state index in [-0.39, 0.29) is 17.6 Å². The standard InChI is InChI=1S/C22H14F6N6O2/c23-21(24,25)13-8-14(22(26,27)28)10-16(9-13)33-20(35)32-15-2-4-17(5-3-15)36-19-11-18(29-12-30-19)34-7-1-6-31-34/h1-12H,(H2,32,33,35). The minimum atomic E-state index is -5.03. The number of ether oxygens (including phenoxy) is 1. The van der Waals surface area contributed by atoms with Crippen LogP contribution in [0.25, 0.3) is 5.82 Å². The first-order valence-electron chi connectivity index (χ1n) is 9.95. The van der Waals surface area contributed by atoms with Gasteiger partial charge in [-0.25, -0.2) is 19.4 Å². The van der Waals surface area contributed by atoms with Gasteiger partial charge in [-0.2, -0.15) is 31.4 Å². The Kier molecular flexibility index (Phi) is 6.51. The molecule has 4 aromatic rings. The van der Waals surface area contributed by atoms with E-state index in [0.717, 1.165) is 0 Å². The molecule has 0 radical (unpaired) electrons. The van der Waals surface area contributed by atoms with Crippen LogP contribution in [0.5, 0.6) is 11.6 Å². The number of amides is 2. The molecular weight excluding hydrogens is 494 g/mol. The predicted molar refractivity (Wildman–Crippen MR) is 115 cm³/mol. The number of carbonyl (C=O) groups excluding carboxylic acids is 1. The van der Waals surface area contributed by atoms with E-state index in [4.69, 9.17) is 4.74 Å². The molecule has 0 aliphatic carbocycles. The van der Waals surface area contributed by atoms with E-state index in [9.17, 15) is 31.1 Å². The van der Waals surface area contributed by atoms with E-state index < -0.39 is 35.2 Å². The van der Waals surface area contributed by atoms with E-state index >= 15 is 0 Å². The number of halogens is 6. The number of rotatable bonds is 5. The lowest BCUT2D eigenvalue weighted by atomic mass is 10.1. The van der Waals surface area contributed by atoms with Crippen LogP contribution in [0.2, 0.25) is 0 Å². The van der Waals surface area contributed by atoms with Crippen molar-refractivity contribution in [2.45, 2.75) is 12.4 Å². The average Bonchev–Trinajstić information content (AvgIpc) is 3.34. The van der Waals surface area contributed by atoms with Gasteiger partial charge in [0.1, 0.15) is 12.1 Å². The van der Waals surface area contributed by atoms with Crippen molar-refractivity contribution in [3.8, 4) is 17.4 Å². The van der Waals surface area contributed by atoms with Crippen LogP contribution in [-0.4, -0.2) is 25.8 Å². The van der Waals surface area contributed by atoms with Gasteiger partial charge in [-0.1, -0.05) is 0 Å². The second-order valence-corrected chi connectivity index (χ2v) is 7.17. The van der Waals surface area contributed by atoms with E-state index in [2.05, 4.69) is 20.4 Å². The molecule has 0 spiro atoms. The molecule has 36 heavy (non-hydrogen) atoms. The summed E-state index contributed by atoms with van der Waals surface area (Å²) >= 11 is 0. The molecular formula is C22H14F6N6O2. The van der Waals surface area contributed by atoms with Gasteiger partial charge in [-0.05, 0) is 48.5 Å². The Balaban J connectivity index is 1.42. The molecule has 0 unspecified atom stereocenters. The first-order chi connectivity index (χ1) is 17.0. The van der Waals surface area contributed by atoms with Crippen molar-refractivity contribution in [3.05, 3.63) is 84.4 Å². The molecule has 14 heteroatoms. The number of benzene rings is 2. The third kappa shape index (κ3) is 6.08. The molecule has 0 bridgehead atoms. The quantitative estimate of drug-likeness (QED) is 0.316. The molecule has 0 fully saturated rings. The highest BCUT2D eigenvalue weighted by Gasteiger charge is 2.37. The summed E-state index contributed by atoms with van der Waals surface area (Å²) in [5.41, 5.74) is -3.57. The number of carbonyl (C=O) groups is 1. The molecule has 2 amide bonds. The van der Waals surface area contributed by atoms with E-state index in [0.29, 0.717) is 23.7 Å². The fourth-order valence-corrected chi connectivity index (χ4v) is 2.96. The molecule has 186 valence electrons. The zero-order valence-corrected chi connectivity index (χ0v) is 17.8. The van der Waals surface area contributed by atoms with Crippen LogP contribution in [-0.2, 0) is 12.4 Å². The fourth-order valence-electron chi connectivity index (χ4n) is 2.96. The van der Waals surface area contributed by atoms with Gasteiger partial charge >= 0.3 is 18.4 Å². The first kappa shape index (κ1) is 24.5. The van der Waals surface area contributed by atoms with Crippen molar-refractivity contribution in [3.63, 3.8) is 0 Å². The number of alkyl halides is 6. The maximum Gasteiger partial charge on any atom is 0.416 e. The van der Waals surface area contributed by atoms with Crippen molar-refractivity contribution in [1.82, 2.24) is 19.7 Å². The highest BCUT2D eigenvalue weighted by molar-refractivity contribution is 5.99. The minimum absolute atomic E-state index is 0.0303. The zero-order chi connectivity index (χ0) is 25.9. The summed E-state index contributed by atoms with van der Waals surface area (Å²) in [6, 6.07) is 8.76. The van der Waals surface area contributed by atoms with Crippen molar-refractivity contribution in [1.29, 1.82) is 0 Å². The molecule has 2 aromatic heterocycles. The summed E-state index contributed by atoms with van der Waals surface area (Å²) in [6.45, 7) is 0. The fraction of sp³-hybridized carbons (Fsp3) is 0.0909. The Hall–Kier alpha value is -4.62. The topological polar surface area (TPSA) is 94.0 Å². The highest BCUT2D eigenvalue weighted by Crippen LogP contribution is 2.37. The molecule has 0 atom stereocenters. The molecule has 2 heterocycles. The van der Waals surface area contributed by atoms with Gasteiger partial charge in [-0.3, -0.25) is 0 Å². The summed E-state index contributed by atoms with van der Waals surface area (Å²) in [4.78, 5) is 20.3. The Morgan fingerprint density at radius 2 is 1.47 bits per heavy atom. The van der Waals surface area contributed by atoms with Crippen LogP contribution in [0.4, 0.5) is 42.5 Å².